The molecule has 0 unspecified atom stereocenters. The molecule has 0 saturated carbocycles. The standard InChI is InChI=1S/C17H18FNO4S/c1-11-8-13(18)9-12-4-3-7-19(16(11)12)17(20)15-6-5-14(23-15)10-24(2,21)22/h5-6,8-9H,3-4,7,10H2,1-2H3. The van der Waals surface area contributed by atoms with E-state index in [2.05, 4.69) is 0 Å². The Morgan fingerprint density at radius 3 is 2.79 bits per heavy atom. The highest BCUT2D eigenvalue weighted by atomic mass is 32.2. The highest BCUT2D eigenvalue weighted by Gasteiger charge is 2.28. The fourth-order valence-corrected chi connectivity index (χ4v) is 3.76. The van der Waals surface area contributed by atoms with Crippen molar-refractivity contribution in [3.05, 3.63) is 52.7 Å². The summed E-state index contributed by atoms with van der Waals surface area (Å²) in [6, 6.07) is 5.84. The number of furan rings is 1. The van der Waals surface area contributed by atoms with E-state index in [1.54, 1.807) is 11.8 Å². The first-order valence-electron chi connectivity index (χ1n) is 7.62. The zero-order chi connectivity index (χ0) is 17.5. The van der Waals surface area contributed by atoms with E-state index in [9.17, 15) is 17.6 Å². The molecule has 0 N–H and O–H groups in total. The Kier molecular flexibility index (Phi) is 4.21. The van der Waals surface area contributed by atoms with Gasteiger partial charge >= 0.3 is 0 Å². The lowest BCUT2D eigenvalue weighted by Gasteiger charge is -2.30. The summed E-state index contributed by atoms with van der Waals surface area (Å²) in [5.74, 6) is -0.584. The maximum atomic E-state index is 13.6. The smallest absolute Gasteiger partial charge is 0.293 e. The summed E-state index contributed by atoms with van der Waals surface area (Å²) in [4.78, 5) is 14.3. The molecule has 1 aromatic carbocycles. The zero-order valence-corrected chi connectivity index (χ0v) is 14.3. The Morgan fingerprint density at radius 2 is 2.08 bits per heavy atom. The van der Waals surface area contributed by atoms with Gasteiger partial charge in [-0.25, -0.2) is 12.8 Å². The normalized spacial score (nSPS) is 14.5. The van der Waals surface area contributed by atoms with Crippen LogP contribution in [0.1, 0.15) is 33.9 Å². The van der Waals surface area contributed by atoms with E-state index in [-0.39, 0.29) is 29.0 Å². The molecule has 0 radical (unpaired) electrons. The molecule has 1 aliphatic rings. The first-order chi connectivity index (χ1) is 11.2. The number of carbonyl (C=O) groups excluding carboxylic acids is 1. The first-order valence-corrected chi connectivity index (χ1v) is 9.68. The van der Waals surface area contributed by atoms with Crippen molar-refractivity contribution in [2.45, 2.75) is 25.5 Å². The van der Waals surface area contributed by atoms with Gasteiger partial charge in [0, 0.05) is 12.8 Å². The average molecular weight is 351 g/mol. The number of sulfone groups is 1. The van der Waals surface area contributed by atoms with Gasteiger partial charge in [0.1, 0.15) is 17.3 Å². The minimum Gasteiger partial charge on any atom is -0.455 e. The van der Waals surface area contributed by atoms with Gasteiger partial charge in [0.15, 0.2) is 15.6 Å². The van der Waals surface area contributed by atoms with Gasteiger partial charge in [0.2, 0.25) is 0 Å². The van der Waals surface area contributed by atoms with Crippen LogP contribution in [0.15, 0.2) is 28.7 Å². The predicted molar refractivity (Wildman–Crippen MR) is 88.4 cm³/mol. The number of halogens is 1. The largest absolute Gasteiger partial charge is 0.455 e. The molecular weight excluding hydrogens is 333 g/mol. The molecule has 1 amide bonds. The van der Waals surface area contributed by atoms with E-state index >= 15 is 0 Å². The number of nitrogens with zero attached hydrogens (tertiary/aromatic N) is 1. The average Bonchev–Trinajstić information content (AvgIpc) is 2.91. The number of hydrogen-bond donors (Lipinski definition) is 0. The van der Waals surface area contributed by atoms with Crippen molar-refractivity contribution in [1.82, 2.24) is 0 Å². The molecule has 24 heavy (non-hydrogen) atoms. The molecule has 0 atom stereocenters. The minimum atomic E-state index is -3.23. The van der Waals surface area contributed by atoms with Gasteiger partial charge in [-0.05, 0) is 55.2 Å². The van der Waals surface area contributed by atoms with Crippen LogP contribution in [0.25, 0.3) is 0 Å². The van der Waals surface area contributed by atoms with Crippen LogP contribution in [-0.4, -0.2) is 27.1 Å². The topological polar surface area (TPSA) is 67.6 Å². The van der Waals surface area contributed by atoms with Crippen LogP contribution in [0.2, 0.25) is 0 Å². The summed E-state index contributed by atoms with van der Waals surface area (Å²) in [5.41, 5.74) is 2.21. The number of aryl methyl sites for hydroxylation is 2. The molecule has 0 saturated heterocycles. The number of anilines is 1. The molecule has 5 nitrogen and oxygen atoms in total. The predicted octanol–water partition coefficient (Wildman–Crippen LogP) is 2.86. The number of benzene rings is 1. The minimum absolute atomic E-state index is 0.0882. The Morgan fingerprint density at radius 1 is 1.33 bits per heavy atom. The molecule has 0 bridgehead atoms. The highest BCUT2D eigenvalue weighted by Crippen LogP contribution is 2.32. The van der Waals surface area contributed by atoms with Crippen LogP contribution < -0.4 is 4.90 Å². The lowest BCUT2D eigenvalue weighted by atomic mass is 9.97. The van der Waals surface area contributed by atoms with Crippen molar-refractivity contribution in [2.75, 3.05) is 17.7 Å². The number of carbonyl (C=O) groups is 1. The van der Waals surface area contributed by atoms with Crippen LogP contribution in [0.5, 0.6) is 0 Å². The summed E-state index contributed by atoms with van der Waals surface area (Å²) in [6.07, 6.45) is 2.56. The summed E-state index contributed by atoms with van der Waals surface area (Å²) >= 11 is 0. The van der Waals surface area contributed by atoms with Gasteiger partial charge in [-0.2, -0.15) is 0 Å². The summed E-state index contributed by atoms with van der Waals surface area (Å²) in [5, 5.41) is 0. The van der Waals surface area contributed by atoms with Crippen molar-refractivity contribution in [2.24, 2.45) is 0 Å². The molecule has 7 heteroatoms. The van der Waals surface area contributed by atoms with Crippen LogP contribution in [0, 0.1) is 12.7 Å². The van der Waals surface area contributed by atoms with Gasteiger partial charge in [0.05, 0.1) is 5.69 Å². The first kappa shape index (κ1) is 16.7. The van der Waals surface area contributed by atoms with Crippen LogP contribution in [0.3, 0.4) is 0 Å². The maximum absolute atomic E-state index is 13.6. The zero-order valence-electron chi connectivity index (χ0n) is 13.5. The molecule has 3 rings (SSSR count). The third kappa shape index (κ3) is 3.36. The van der Waals surface area contributed by atoms with Crippen molar-refractivity contribution in [1.29, 1.82) is 0 Å². The third-order valence-electron chi connectivity index (χ3n) is 3.96. The summed E-state index contributed by atoms with van der Waals surface area (Å²) in [6.45, 7) is 2.28. The Balaban J connectivity index is 1.93. The van der Waals surface area contributed by atoms with E-state index in [0.29, 0.717) is 17.8 Å². The Labute approximate surface area is 140 Å². The van der Waals surface area contributed by atoms with Gasteiger partial charge in [-0.3, -0.25) is 4.79 Å². The Hall–Kier alpha value is -2.15. The maximum Gasteiger partial charge on any atom is 0.293 e. The van der Waals surface area contributed by atoms with Crippen LogP contribution in [0.4, 0.5) is 10.1 Å². The molecule has 2 aromatic rings. The van der Waals surface area contributed by atoms with E-state index < -0.39 is 9.84 Å². The molecule has 2 heterocycles. The fraction of sp³-hybridized carbons (Fsp3) is 0.353. The lowest BCUT2D eigenvalue weighted by molar-refractivity contribution is 0.0956. The number of hydrogen-bond acceptors (Lipinski definition) is 4. The quantitative estimate of drug-likeness (QED) is 0.853. The van der Waals surface area contributed by atoms with Gasteiger partial charge < -0.3 is 9.32 Å². The molecular formula is C17H18FNO4S. The van der Waals surface area contributed by atoms with Crippen LogP contribution >= 0.6 is 0 Å². The van der Waals surface area contributed by atoms with Gasteiger partial charge in [-0.1, -0.05) is 0 Å². The second-order valence-electron chi connectivity index (χ2n) is 6.13. The lowest BCUT2D eigenvalue weighted by Crippen LogP contribution is -2.36. The molecule has 1 aliphatic heterocycles. The van der Waals surface area contributed by atoms with Crippen molar-refractivity contribution < 1.29 is 22.0 Å². The van der Waals surface area contributed by atoms with Crippen molar-refractivity contribution in [3.63, 3.8) is 0 Å². The molecule has 0 spiro atoms. The third-order valence-corrected chi connectivity index (χ3v) is 4.77. The summed E-state index contributed by atoms with van der Waals surface area (Å²) < 4.78 is 41.7. The van der Waals surface area contributed by atoms with Gasteiger partial charge in [-0.15, -0.1) is 0 Å². The summed E-state index contributed by atoms with van der Waals surface area (Å²) in [7, 11) is -3.23. The van der Waals surface area contributed by atoms with E-state index in [1.165, 1.54) is 24.3 Å². The highest BCUT2D eigenvalue weighted by molar-refractivity contribution is 7.89. The monoisotopic (exact) mass is 351 g/mol. The van der Waals surface area contributed by atoms with Crippen molar-refractivity contribution in [3.8, 4) is 0 Å². The molecule has 128 valence electrons. The second-order valence-corrected chi connectivity index (χ2v) is 8.27. The molecule has 0 fully saturated rings. The number of amides is 1. The number of rotatable bonds is 3. The van der Waals surface area contributed by atoms with E-state index in [1.807, 2.05) is 0 Å². The Bertz CT molecular complexity index is 901. The van der Waals surface area contributed by atoms with Crippen LogP contribution in [-0.2, 0) is 22.0 Å². The number of fused-ring (bicyclic) bond motifs is 1. The van der Waals surface area contributed by atoms with Crippen molar-refractivity contribution >= 4 is 21.4 Å². The van der Waals surface area contributed by atoms with E-state index in [0.717, 1.165) is 24.7 Å². The molecule has 1 aromatic heterocycles. The SMILES string of the molecule is Cc1cc(F)cc2c1N(C(=O)c1ccc(CS(C)(=O)=O)o1)CCC2. The van der Waals surface area contributed by atoms with E-state index in [4.69, 9.17) is 4.42 Å². The molecule has 0 aliphatic carbocycles. The second kappa shape index (κ2) is 6.05. The van der Waals surface area contributed by atoms with Gasteiger partial charge in [0.25, 0.3) is 5.91 Å². The fourth-order valence-electron chi connectivity index (χ4n) is 3.09.